The van der Waals surface area contributed by atoms with Crippen molar-refractivity contribution in [3.63, 3.8) is 0 Å². The van der Waals surface area contributed by atoms with Gasteiger partial charge in [-0.3, -0.25) is 14.4 Å². The van der Waals surface area contributed by atoms with Gasteiger partial charge in [0.05, 0.1) is 6.04 Å². The molecule has 0 bridgehead atoms. The van der Waals surface area contributed by atoms with Gasteiger partial charge >= 0.3 is 12.0 Å². The molecule has 2 aliphatic rings. The molecule has 3 atom stereocenters. The van der Waals surface area contributed by atoms with E-state index in [4.69, 9.17) is 4.74 Å². The maximum atomic E-state index is 14.5. The van der Waals surface area contributed by atoms with Gasteiger partial charge in [-0.25, -0.2) is 4.79 Å². The van der Waals surface area contributed by atoms with Crippen molar-refractivity contribution >= 4 is 34.6 Å². The number of nitrogens with one attached hydrogen (secondary N) is 1. The molecule has 0 aromatic heterocycles. The molecule has 4 amide bonds. The minimum atomic E-state index is -0.823. The van der Waals surface area contributed by atoms with Crippen molar-refractivity contribution in [3.8, 4) is 5.75 Å². The largest absolute Gasteiger partial charge is 0.427 e. The molecule has 254 valence electrons. The average Bonchev–Trinajstić information content (AvgIpc) is 3.12. The zero-order valence-corrected chi connectivity index (χ0v) is 28.2. The zero-order chi connectivity index (χ0) is 34.3. The highest BCUT2D eigenvalue weighted by atomic mass is 16.5. The van der Waals surface area contributed by atoms with Crippen molar-refractivity contribution in [2.45, 2.75) is 83.7 Å². The summed E-state index contributed by atoms with van der Waals surface area (Å²) in [7, 11) is 0. The van der Waals surface area contributed by atoms with Gasteiger partial charge in [0.25, 0.3) is 0 Å². The summed E-state index contributed by atoms with van der Waals surface area (Å²) in [5.41, 5.74) is 2.79. The standard InChI is InChI=1S/C40H44N4O5/c1-3-4-6-18-37(46)49-33-21-19-29(20-22-33)25-35-39(47)43(27-32-16-11-15-31-14-9-10-17-34(31)32)28(2)38-42(24-23-36(45)44(35)38)40(48)41-26-30-12-7-5-8-13-30/h5,7-17,19-22,28,35,38H,3-4,6,18,23-27H2,1-2H3,(H,41,48)/t28-,35-,38?/m0/s1. The second-order valence-electron chi connectivity index (χ2n) is 12.9. The molecule has 0 spiro atoms. The van der Waals surface area contributed by atoms with Crippen LogP contribution in [-0.4, -0.2) is 63.3 Å². The fourth-order valence-electron chi connectivity index (χ4n) is 7.04. The first-order chi connectivity index (χ1) is 23.8. The average molecular weight is 661 g/mol. The van der Waals surface area contributed by atoms with E-state index < -0.39 is 18.2 Å². The summed E-state index contributed by atoms with van der Waals surface area (Å²) in [4.78, 5) is 59.6. The molecule has 6 rings (SSSR count). The Hall–Kier alpha value is -5.18. The van der Waals surface area contributed by atoms with E-state index in [9.17, 15) is 19.2 Å². The summed E-state index contributed by atoms with van der Waals surface area (Å²) < 4.78 is 5.53. The molecule has 9 nitrogen and oxygen atoms in total. The monoisotopic (exact) mass is 660 g/mol. The van der Waals surface area contributed by atoms with Crippen LogP contribution in [0, 0.1) is 0 Å². The molecule has 49 heavy (non-hydrogen) atoms. The van der Waals surface area contributed by atoms with Crippen LogP contribution in [0.3, 0.4) is 0 Å². The lowest BCUT2D eigenvalue weighted by Gasteiger charge is -2.55. The van der Waals surface area contributed by atoms with Gasteiger partial charge in [0.1, 0.15) is 18.0 Å². The number of hydrogen-bond donors (Lipinski definition) is 1. The van der Waals surface area contributed by atoms with E-state index in [0.29, 0.717) is 25.3 Å². The van der Waals surface area contributed by atoms with Crippen LogP contribution in [0.1, 0.15) is 62.6 Å². The topological polar surface area (TPSA) is 99.3 Å². The molecule has 9 heteroatoms. The summed E-state index contributed by atoms with van der Waals surface area (Å²) in [6, 6.07) is 29.4. The third kappa shape index (κ3) is 7.61. The van der Waals surface area contributed by atoms with Gasteiger partial charge < -0.3 is 24.8 Å². The van der Waals surface area contributed by atoms with Crippen molar-refractivity contribution in [3.05, 3.63) is 114 Å². The van der Waals surface area contributed by atoms with E-state index in [1.54, 1.807) is 21.9 Å². The van der Waals surface area contributed by atoms with Crippen LogP contribution >= 0.6 is 0 Å². The first kappa shape index (κ1) is 33.7. The molecule has 4 aromatic carbocycles. The van der Waals surface area contributed by atoms with Crippen LogP contribution in [-0.2, 0) is 33.9 Å². The quantitative estimate of drug-likeness (QED) is 0.114. The first-order valence-corrected chi connectivity index (χ1v) is 17.3. The summed E-state index contributed by atoms with van der Waals surface area (Å²) in [5.74, 6) is -0.138. The van der Waals surface area contributed by atoms with Gasteiger partial charge in [0.15, 0.2) is 0 Å². The highest BCUT2D eigenvalue weighted by Gasteiger charge is 2.52. The Labute approximate surface area is 287 Å². The molecule has 1 N–H and O–H groups in total. The number of ether oxygens (including phenoxy) is 1. The van der Waals surface area contributed by atoms with Crippen molar-refractivity contribution < 1.29 is 23.9 Å². The summed E-state index contributed by atoms with van der Waals surface area (Å²) in [6.07, 6.45) is 2.88. The predicted molar refractivity (Wildman–Crippen MR) is 188 cm³/mol. The van der Waals surface area contributed by atoms with E-state index in [-0.39, 0.29) is 43.2 Å². The van der Waals surface area contributed by atoms with Gasteiger partial charge in [0, 0.05) is 38.9 Å². The van der Waals surface area contributed by atoms with E-state index in [2.05, 4.69) is 30.4 Å². The number of fused-ring (bicyclic) bond motifs is 2. The number of carbonyl (C=O) groups is 4. The number of esters is 1. The van der Waals surface area contributed by atoms with Gasteiger partial charge in [-0.1, -0.05) is 105 Å². The molecule has 0 saturated carbocycles. The Bertz CT molecular complexity index is 1790. The smallest absolute Gasteiger partial charge is 0.319 e. The second kappa shape index (κ2) is 15.4. The fraction of sp³-hybridized carbons (Fsp3) is 0.350. The lowest BCUT2D eigenvalue weighted by molar-refractivity contribution is -0.173. The maximum absolute atomic E-state index is 14.5. The molecule has 1 unspecified atom stereocenters. The van der Waals surface area contributed by atoms with Crippen LogP contribution in [0.15, 0.2) is 97.1 Å². The highest BCUT2D eigenvalue weighted by Crippen LogP contribution is 2.34. The third-order valence-electron chi connectivity index (χ3n) is 9.62. The van der Waals surface area contributed by atoms with Gasteiger partial charge in [0.2, 0.25) is 11.8 Å². The Balaban J connectivity index is 1.28. The number of rotatable bonds is 11. The number of piperazine rings is 1. The summed E-state index contributed by atoms with van der Waals surface area (Å²) >= 11 is 0. The molecule has 0 radical (unpaired) electrons. The SMILES string of the molecule is CCCCCC(=O)Oc1ccc(C[C@H]2C(=O)N(Cc3cccc4ccccc34)[C@@H](C)C3N(C(=O)NCc4ccccc4)CCC(=O)N32)cc1. The molecule has 2 fully saturated rings. The Kier molecular flexibility index (Phi) is 10.6. The molecular weight excluding hydrogens is 616 g/mol. The fourth-order valence-corrected chi connectivity index (χ4v) is 7.04. The van der Waals surface area contributed by atoms with Crippen molar-refractivity contribution in [2.75, 3.05) is 6.54 Å². The summed E-state index contributed by atoms with van der Waals surface area (Å²) in [6.45, 7) is 4.96. The zero-order valence-electron chi connectivity index (χ0n) is 28.2. The minimum absolute atomic E-state index is 0.127. The summed E-state index contributed by atoms with van der Waals surface area (Å²) in [5, 5.41) is 5.18. The van der Waals surface area contributed by atoms with Crippen LogP contribution in [0.25, 0.3) is 10.8 Å². The second-order valence-corrected chi connectivity index (χ2v) is 12.9. The van der Waals surface area contributed by atoms with Gasteiger partial charge in [-0.05, 0) is 52.9 Å². The molecular formula is C40H44N4O5. The number of carbonyl (C=O) groups excluding carboxylic acids is 4. The normalized spacial score (nSPS) is 19.1. The molecule has 4 aromatic rings. The lowest BCUT2D eigenvalue weighted by Crippen LogP contribution is -2.75. The van der Waals surface area contributed by atoms with E-state index >= 15 is 0 Å². The molecule has 2 aliphatic heterocycles. The number of nitrogens with zero attached hydrogens (tertiary/aromatic N) is 3. The van der Waals surface area contributed by atoms with Gasteiger partial charge in [-0.2, -0.15) is 0 Å². The van der Waals surface area contributed by atoms with E-state index in [1.807, 2.05) is 78.6 Å². The minimum Gasteiger partial charge on any atom is -0.427 e. The maximum Gasteiger partial charge on any atom is 0.319 e. The van der Waals surface area contributed by atoms with Gasteiger partial charge in [-0.15, -0.1) is 0 Å². The molecule has 2 heterocycles. The Morgan fingerprint density at radius 1 is 0.857 bits per heavy atom. The van der Waals surface area contributed by atoms with E-state index in [1.165, 1.54) is 0 Å². The third-order valence-corrected chi connectivity index (χ3v) is 9.62. The van der Waals surface area contributed by atoms with Crippen molar-refractivity contribution in [1.29, 1.82) is 0 Å². The van der Waals surface area contributed by atoms with Crippen LogP contribution in [0.4, 0.5) is 4.79 Å². The Morgan fingerprint density at radius 3 is 2.37 bits per heavy atom. The van der Waals surface area contributed by atoms with Crippen molar-refractivity contribution in [2.24, 2.45) is 0 Å². The first-order valence-electron chi connectivity index (χ1n) is 17.3. The number of unbranched alkanes of at least 4 members (excludes halogenated alkanes) is 2. The van der Waals surface area contributed by atoms with Crippen LogP contribution in [0.2, 0.25) is 0 Å². The van der Waals surface area contributed by atoms with Crippen LogP contribution in [0.5, 0.6) is 5.75 Å². The van der Waals surface area contributed by atoms with Crippen molar-refractivity contribution in [1.82, 2.24) is 20.0 Å². The number of amides is 4. The van der Waals surface area contributed by atoms with E-state index in [0.717, 1.165) is 46.7 Å². The molecule has 2 saturated heterocycles. The Morgan fingerprint density at radius 2 is 1.59 bits per heavy atom. The predicted octanol–water partition coefficient (Wildman–Crippen LogP) is 6.44. The lowest BCUT2D eigenvalue weighted by atomic mass is 9.93. The number of urea groups is 1. The molecule has 0 aliphatic carbocycles. The highest BCUT2D eigenvalue weighted by molar-refractivity contribution is 5.92. The van der Waals surface area contributed by atoms with Crippen LogP contribution < -0.4 is 10.1 Å². The number of benzene rings is 4. The number of hydrogen-bond acceptors (Lipinski definition) is 5.